The molecule has 1 aromatic carbocycles. The molecule has 0 radical (unpaired) electrons. The summed E-state index contributed by atoms with van der Waals surface area (Å²) < 4.78 is 42.4. The van der Waals surface area contributed by atoms with Gasteiger partial charge < -0.3 is 15.2 Å². The molecule has 0 aromatic heterocycles. The minimum Gasteiger partial charge on any atom is -0.491 e. The Balaban J connectivity index is 1.71. The topological polar surface area (TPSA) is 58.6 Å². The van der Waals surface area contributed by atoms with Crippen LogP contribution in [0.5, 0.6) is 5.75 Å². The number of aliphatic hydroxyl groups excluding tert-OH is 1. The van der Waals surface area contributed by atoms with E-state index in [1.165, 1.54) is 12.1 Å². The Labute approximate surface area is 126 Å². The lowest BCUT2D eigenvalue weighted by Crippen LogP contribution is -2.40. The maximum Gasteiger partial charge on any atom is 0.416 e. The molecule has 1 aromatic rings. The normalized spacial score (nSPS) is 16.7. The fourth-order valence-electron chi connectivity index (χ4n) is 2.02. The Kier molecular flexibility index (Phi) is 5.28. The first-order valence-electron chi connectivity index (χ1n) is 7.12. The van der Waals surface area contributed by atoms with Crippen LogP contribution in [-0.2, 0) is 11.0 Å². The third kappa shape index (κ3) is 4.62. The molecule has 2 rings (SSSR count). The number of halogens is 3. The predicted octanol–water partition coefficient (Wildman–Crippen LogP) is 2.36. The molecular weight excluding hydrogens is 299 g/mol. The zero-order valence-electron chi connectivity index (χ0n) is 11.9. The highest BCUT2D eigenvalue weighted by atomic mass is 19.4. The largest absolute Gasteiger partial charge is 0.491 e. The van der Waals surface area contributed by atoms with Crippen molar-refractivity contribution in [2.45, 2.75) is 31.5 Å². The van der Waals surface area contributed by atoms with Crippen LogP contribution in [-0.4, -0.2) is 30.3 Å². The highest BCUT2D eigenvalue weighted by molar-refractivity contribution is 5.79. The number of amides is 1. The molecule has 1 atom stereocenters. The van der Waals surface area contributed by atoms with E-state index in [1.807, 2.05) is 0 Å². The summed E-state index contributed by atoms with van der Waals surface area (Å²) in [5.74, 6) is 0.209. The van der Waals surface area contributed by atoms with Crippen molar-refractivity contribution in [1.29, 1.82) is 0 Å². The summed E-state index contributed by atoms with van der Waals surface area (Å²) in [6, 6.07) is 4.23. The third-order valence-electron chi connectivity index (χ3n) is 3.61. The van der Waals surface area contributed by atoms with E-state index in [0.717, 1.165) is 31.4 Å². The smallest absolute Gasteiger partial charge is 0.416 e. The van der Waals surface area contributed by atoms with Crippen molar-refractivity contribution in [3.05, 3.63) is 29.8 Å². The van der Waals surface area contributed by atoms with Gasteiger partial charge in [-0.1, -0.05) is 6.42 Å². The van der Waals surface area contributed by atoms with Crippen LogP contribution in [0.4, 0.5) is 13.2 Å². The molecule has 1 aliphatic carbocycles. The van der Waals surface area contributed by atoms with E-state index in [2.05, 4.69) is 5.32 Å². The Hall–Kier alpha value is -1.76. The summed E-state index contributed by atoms with van der Waals surface area (Å²) in [6.07, 6.45) is -2.48. The fraction of sp³-hybridized carbons (Fsp3) is 0.533. The number of hydrogen-bond acceptors (Lipinski definition) is 3. The number of rotatable bonds is 6. The van der Waals surface area contributed by atoms with Gasteiger partial charge in [0.05, 0.1) is 5.56 Å². The molecule has 0 heterocycles. The Morgan fingerprint density at radius 3 is 2.45 bits per heavy atom. The number of carbonyl (C=O) groups is 1. The van der Waals surface area contributed by atoms with Crippen molar-refractivity contribution in [2.24, 2.45) is 5.92 Å². The van der Waals surface area contributed by atoms with Crippen molar-refractivity contribution in [1.82, 2.24) is 5.32 Å². The molecule has 1 saturated carbocycles. The van der Waals surface area contributed by atoms with Gasteiger partial charge >= 0.3 is 6.18 Å². The Morgan fingerprint density at radius 2 is 1.95 bits per heavy atom. The van der Waals surface area contributed by atoms with Crippen LogP contribution in [0.2, 0.25) is 0 Å². The van der Waals surface area contributed by atoms with Crippen LogP contribution in [0.3, 0.4) is 0 Å². The van der Waals surface area contributed by atoms with Gasteiger partial charge in [-0.2, -0.15) is 13.2 Å². The highest BCUT2D eigenvalue weighted by Gasteiger charge is 2.30. The standard InChI is InChI=1S/C15H18F3NO3/c16-15(17,18)11-4-6-13(7-5-11)22-9-12(20)8-19-14(21)10-2-1-3-10/h4-7,10,12,20H,1-3,8-9H2,(H,19,21)/t12-/m1/s1. The number of hydrogen-bond donors (Lipinski definition) is 2. The first-order valence-corrected chi connectivity index (χ1v) is 7.12. The van der Waals surface area contributed by atoms with E-state index >= 15 is 0 Å². The second kappa shape index (κ2) is 7.00. The number of ether oxygens (including phenoxy) is 1. The molecule has 0 unspecified atom stereocenters. The fourth-order valence-corrected chi connectivity index (χ4v) is 2.02. The molecule has 0 bridgehead atoms. The number of aliphatic hydroxyl groups is 1. The van der Waals surface area contributed by atoms with E-state index in [0.29, 0.717) is 0 Å². The summed E-state index contributed by atoms with van der Waals surface area (Å²) in [5.41, 5.74) is -0.756. The summed E-state index contributed by atoms with van der Waals surface area (Å²) in [4.78, 5) is 11.6. The second-order valence-electron chi connectivity index (χ2n) is 5.36. The van der Waals surface area contributed by atoms with Gasteiger partial charge in [-0.3, -0.25) is 4.79 Å². The molecule has 4 nitrogen and oxygen atoms in total. The lowest BCUT2D eigenvalue weighted by molar-refractivity contribution is -0.137. The average Bonchev–Trinajstić information content (AvgIpc) is 2.40. The molecule has 0 spiro atoms. The van der Waals surface area contributed by atoms with E-state index < -0.39 is 17.8 Å². The average molecular weight is 317 g/mol. The highest BCUT2D eigenvalue weighted by Crippen LogP contribution is 2.30. The number of alkyl halides is 3. The number of carbonyl (C=O) groups excluding carboxylic acids is 1. The van der Waals surface area contributed by atoms with Crippen molar-refractivity contribution < 1.29 is 27.8 Å². The van der Waals surface area contributed by atoms with Crippen LogP contribution in [0.15, 0.2) is 24.3 Å². The molecule has 22 heavy (non-hydrogen) atoms. The third-order valence-corrected chi connectivity index (χ3v) is 3.61. The molecule has 2 N–H and O–H groups in total. The lowest BCUT2D eigenvalue weighted by Gasteiger charge is -2.24. The first-order chi connectivity index (χ1) is 10.4. The molecule has 1 fully saturated rings. The minimum absolute atomic E-state index is 0.0445. The Bertz CT molecular complexity index is 498. The van der Waals surface area contributed by atoms with Crippen LogP contribution in [0, 0.1) is 5.92 Å². The Morgan fingerprint density at radius 1 is 1.32 bits per heavy atom. The molecular formula is C15H18F3NO3. The second-order valence-corrected chi connectivity index (χ2v) is 5.36. The van der Waals surface area contributed by atoms with Crippen LogP contribution in [0.1, 0.15) is 24.8 Å². The SMILES string of the molecule is O=C(NC[C@@H](O)COc1ccc(C(F)(F)F)cc1)C1CCC1. The first kappa shape index (κ1) is 16.6. The van der Waals surface area contributed by atoms with E-state index in [-0.39, 0.29) is 30.7 Å². The van der Waals surface area contributed by atoms with Crippen LogP contribution in [0.25, 0.3) is 0 Å². The van der Waals surface area contributed by atoms with Gasteiger partial charge in [0.2, 0.25) is 5.91 Å². The maximum atomic E-state index is 12.4. The number of benzene rings is 1. The van der Waals surface area contributed by atoms with Crippen LogP contribution < -0.4 is 10.1 Å². The summed E-state index contributed by atoms with van der Waals surface area (Å²) in [6.45, 7) is -0.0354. The van der Waals surface area contributed by atoms with Gasteiger partial charge in [0.15, 0.2) is 0 Å². The van der Waals surface area contributed by atoms with Gasteiger partial charge in [0.1, 0.15) is 18.5 Å². The molecule has 0 saturated heterocycles. The molecule has 0 aliphatic heterocycles. The summed E-state index contributed by atoms with van der Waals surface area (Å²) in [5, 5.41) is 12.3. The van der Waals surface area contributed by atoms with E-state index in [9.17, 15) is 23.1 Å². The summed E-state index contributed by atoms with van der Waals surface area (Å²) in [7, 11) is 0. The van der Waals surface area contributed by atoms with E-state index in [1.54, 1.807) is 0 Å². The van der Waals surface area contributed by atoms with Gasteiger partial charge in [-0.25, -0.2) is 0 Å². The monoisotopic (exact) mass is 317 g/mol. The minimum atomic E-state index is -4.39. The predicted molar refractivity (Wildman–Crippen MR) is 73.3 cm³/mol. The number of nitrogens with one attached hydrogen (secondary N) is 1. The van der Waals surface area contributed by atoms with Gasteiger partial charge in [-0.05, 0) is 37.1 Å². The quantitative estimate of drug-likeness (QED) is 0.847. The summed E-state index contributed by atoms with van der Waals surface area (Å²) >= 11 is 0. The van der Waals surface area contributed by atoms with Gasteiger partial charge in [0.25, 0.3) is 0 Å². The lowest BCUT2D eigenvalue weighted by atomic mass is 9.85. The van der Waals surface area contributed by atoms with Crippen molar-refractivity contribution >= 4 is 5.91 Å². The zero-order valence-corrected chi connectivity index (χ0v) is 11.9. The maximum absolute atomic E-state index is 12.4. The van der Waals surface area contributed by atoms with E-state index in [4.69, 9.17) is 4.74 Å². The molecule has 7 heteroatoms. The van der Waals surface area contributed by atoms with Crippen LogP contribution >= 0.6 is 0 Å². The van der Waals surface area contributed by atoms with Gasteiger partial charge in [0, 0.05) is 12.5 Å². The van der Waals surface area contributed by atoms with Crippen molar-refractivity contribution in [3.63, 3.8) is 0 Å². The van der Waals surface area contributed by atoms with Gasteiger partial charge in [-0.15, -0.1) is 0 Å². The molecule has 122 valence electrons. The van der Waals surface area contributed by atoms with Crippen molar-refractivity contribution in [3.8, 4) is 5.75 Å². The zero-order chi connectivity index (χ0) is 16.2. The molecule has 1 amide bonds. The molecule has 1 aliphatic rings. The van der Waals surface area contributed by atoms with Crippen molar-refractivity contribution in [2.75, 3.05) is 13.2 Å².